The molecule has 1 aliphatic rings. The number of hydrogen-bond acceptors (Lipinski definition) is 3. The number of hydrogen-bond donors (Lipinski definition) is 3. The van der Waals surface area contributed by atoms with Gasteiger partial charge in [-0.05, 0) is 37.1 Å². The third-order valence-corrected chi connectivity index (χ3v) is 2.95. The summed E-state index contributed by atoms with van der Waals surface area (Å²) in [6.07, 6.45) is 0.759. The van der Waals surface area contributed by atoms with Crippen molar-refractivity contribution >= 4 is 5.69 Å². The molecule has 14 heavy (non-hydrogen) atoms. The van der Waals surface area contributed by atoms with Gasteiger partial charge in [0, 0.05) is 12.2 Å². The van der Waals surface area contributed by atoms with Crippen LogP contribution in [0.4, 0.5) is 5.69 Å². The van der Waals surface area contributed by atoms with Crippen molar-refractivity contribution in [2.75, 3.05) is 18.8 Å². The fraction of sp³-hybridized carbons (Fsp3) is 0.455. The van der Waals surface area contributed by atoms with Crippen LogP contribution in [0.25, 0.3) is 0 Å². The van der Waals surface area contributed by atoms with Gasteiger partial charge in [0.1, 0.15) is 5.60 Å². The predicted octanol–water partition coefficient (Wildman–Crippen LogP) is 0.758. The van der Waals surface area contributed by atoms with Crippen molar-refractivity contribution in [3.63, 3.8) is 0 Å². The molecule has 4 N–H and O–H groups in total. The average molecular weight is 192 g/mol. The van der Waals surface area contributed by atoms with Crippen LogP contribution >= 0.6 is 0 Å². The Morgan fingerprint density at radius 1 is 1.50 bits per heavy atom. The van der Waals surface area contributed by atoms with Gasteiger partial charge in [-0.25, -0.2) is 0 Å². The van der Waals surface area contributed by atoms with Crippen molar-refractivity contribution in [2.45, 2.75) is 18.9 Å². The Hall–Kier alpha value is -1.06. The zero-order chi connectivity index (χ0) is 10.2. The molecule has 3 heteroatoms. The maximum Gasteiger partial charge on any atom is 0.103 e. The minimum absolute atomic E-state index is 0.621. The highest BCUT2D eigenvalue weighted by Crippen LogP contribution is 2.29. The molecule has 1 heterocycles. The number of benzene rings is 1. The summed E-state index contributed by atoms with van der Waals surface area (Å²) < 4.78 is 0. The van der Waals surface area contributed by atoms with Crippen LogP contribution in [0.15, 0.2) is 18.2 Å². The summed E-state index contributed by atoms with van der Waals surface area (Å²) in [4.78, 5) is 0. The van der Waals surface area contributed by atoms with Gasteiger partial charge in [0.2, 0.25) is 0 Å². The summed E-state index contributed by atoms with van der Waals surface area (Å²) in [6, 6.07) is 5.79. The van der Waals surface area contributed by atoms with E-state index in [1.165, 1.54) is 0 Å². The number of aryl methyl sites for hydroxylation is 1. The second-order valence-electron chi connectivity index (χ2n) is 4.03. The first-order chi connectivity index (χ1) is 6.62. The topological polar surface area (TPSA) is 58.3 Å². The zero-order valence-electron chi connectivity index (χ0n) is 8.38. The van der Waals surface area contributed by atoms with Crippen LogP contribution in [0.2, 0.25) is 0 Å². The maximum absolute atomic E-state index is 10.3. The number of nitrogen functional groups attached to an aromatic ring is 1. The Kier molecular flexibility index (Phi) is 2.21. The highest BCUT2D eigenvalue weighted by Gasteiger charge is 2.32. The number of rotatable bonds is 1. The van der Waals surface area contributed by atoms with Crippen LogP contribution in [0.5, 0.6) is 0 Å². The maximum atomic E-state index is 10.3. The number of aliphatic hydroxyl groups is 1. The Morgan fingerprint density at radius 3 is 2.86 bits per heavy atom. The van der Waals surface area contributed by atoms with Gasteiger partial charge in [-0.2, -0.15) is 0 Å². The lowest BCUT2D eigenvalue weighted by Gasteiger charge is -2.22. The molecule has 0 amide bonds. The molecule has 1 aromatic rings. The lowest BCUT2D eigenvalue weighted by atomic mass is 9.92. The molecule has 1 saturated heterocycles. The van der Waals surface area contributed by atoms with E-state index in [9.17, 15) is 5.11 Å². The van der Waals surface area contributed by atoms with E-state index >= 15 is 0 Å². The van der Waals surface area contributed by atoms with Crippen LogP contribution < -0.4 is 11.1 Å². The van der Waals surface area contributed by atoms with E-state index in [1.807, 2.05) is 25.1 Å². The number of nitrogens with two attached hydrogens (primary N) is 1. The minimum atomic E-state index is -0.720. The zero-order valence-corrected chi connectivity index (χ0v) is 8.38. The molecule has 0 bridgehead atoms. The molecular formula is C11H16N2O. The smallest absolute Gasteiger partial charge is 0.103 e. The van der Waals surface area contributed by atoms with Crippen LogP contribution in [-0.2, 0) is 5.60 Å². The lowest BCUT2D eigenvalue weighted by Crippen LogP contribution is -2.28. The van der Waals surface area contributed by atoms with Gasteiger partial charge in [0.15, 0.2) is 0 Å². The van der Waals surface area contributed by atoms with Gasteiger partial charge in [0.05, 0.1) is 0 Å². The summed E-state index contributed by atoms with van der Waals surface area (Å²) in [5.74, 6) is 0. The minimum Gasteiger partial charge on any atom is -0.399 e. The molecule has 0 radical (unpaired) electrons. The van der Waals surface area contributed by atoms with E-state index < -0.39 is 5.60 Å². The van der Waals surface area contributed by atoms with Crippen LogP contribution in [0.3, 0.4) is 0 Å². The molecule has 3 nitrogen and oxygen atoms in total. The van der Waals surface area contributed by atoms with Crippen LogP contribution in [-0.4, -0.2) is 18.2 Å². The predicted molar refractivity (Wildman–Crippen MR) is 57.0 cm³/mol. The normalized spacial score (nSPS) is 26.7. The van der Waals surface area contributed by atoms with Crippen molar-refractivity contribution in [3.8, 4) is 0 Å². The molecule has 1 fully saturated rings. The van der Waals surface area contributed by atoms with Gasteiger partial charge < -0.3 is 16.2 Å². The van der Waals surface area contributed by atoms with E-state index in [0.717, 1.165) is 29.8 Å². The third kappa shape index (κ3) is 1.49. The summed E-state index contributed by atoms with van der Waals surface area (Å²) in [5, 5.41) is 13.4. The summed E-state index contributed by atoms with van der Waals surface area (Å²) in [5.41, 5.74) is 7.83. The van der Waals surface area contributed by atoms with Crippen molar-refractivity contribution in [1.82, 2.24) is 5.32 Å². The highest BCUT2D eigenvalue weighted by molar-refractivity contribution is 5.49. The van der Waals surface area contributed by atoms with Crippen LogP contribution in [0, 0.1) is 6.92 Å². The second-order valence-corrected chi connectivity index (χ2v) is 4.03. The fourth-order valence-corrected chi connectivity index (χ4v) is 1.86. The molecule has 1 atom stereocenters. The van der Waals surface area contributed by atoms with E-state index in [2.05, 4.69) is 5.32 Å². The number of β-amino-alcohol motifs (C(OH)–C–C–N with tert-alkyl or cyclic N) is 1. The summed E-state index contributed by atoms with van der Waals surface area (Å²) in [6.45, 7) is 3.45. The summed E-state index contributed by atoms with van der Waals surface area (Å²) >= 11 is 0. The van der Waals surface area contributed by atoms with Gasteiger partial charge in [-0.3, -0.25) is 0 Å². The Morgan fingerprint density at radius 2 is 2.29 bits per heavy atom. The Balaban J connectivity index is 2.36. The van der Waals surface area contributed by atoms with Crippen molar-refractivity contribution in [3.05, 3.63) is 29.3 Å². The molecule has 1 aliphatic heterocycles. The first-order valence-corrected chi connectivity index (χ1v) is 4.91. The third-order valence-electron chi connectivity index (χ3n) is 2.95. The van der Waals surface area contributed by atoms with E-state index in [-0.39, 0.29) is 0 Å². The largest absolute Gasteiger partial charge is 0.399 e. The van der Waals surface area contributed by atoms with Gasteiger partial charge in [0.25, 0.3) is 0 Å². The van der Waals surface area contributed by atoms with E-state index in [4.69, 9.17) is 5.73 Å². The van der Waals surface area contributed by atoms with Gasteiger partial charge in [-0.1, -0.05) is 12.1 Å². The molecule has 1 aromatic carbocycles. The van der Waals surface area contributed by atoms with Crippen molar-refractivity contribution in [1.29, 1.82) is 0 Å². The first kappa shape index (κ1) is 9.49. The summed E-state index contributed by atoms with van der Waals surface area (Å²) in [7, 11) is 0. The molecule has 76 valence electrons. The van der Waals surface area contributed by atoms with Crippen molar-refractivity contribution < 1.29 is 5.11 Å². The molecule has 2 rings (SSSR count). The van der Waals surface area contributed by atoms with Crippen LogP contribution in [0.1, 0.15) is 17.5 Å². The monoisotopic (exact) mass is 192 g/mol. The van der Waals surface area contributed by atoms with E-state index in [1.54, 1.807) is 0 Å². The first-order valence-electron chi connectivity index (χ1n) is 4.91. The molecule has 1 unspecified atom stereocenters. The molecule has 0 saturated carbocycles. The number of anilines is 1. The fourth-order valence-electron chi connectivity index (χ4n) is 1.86. The van der Waals surface area contributed by atoms with Gasteiger partial charge in [-0.15, -0.1) is 0 Å². The second kappa shape index (κ2) is 3.26. The molecular weight excluding hydrogens is 176 g/mol. The Labute approximate surface area is 83.9 Å². The van der Waals surface area contributed by atoms with Gasteiger partial charge >= 0.3 is 0 Å². The number of nitrogens with one attached hydrogen (secondary N) is 1. The SMILES string of the molecule is Cc1ccc(C2(O)CCNC2)cc1N. The standard InChI is InChI=1S/C11H16N2O/c1-8-2-3-9(6-10(8)12)11(14)4-5-13-7-11/h2-3,6,13-14H,4-5,7,12H2,1H3. The molecule has 0 aliphatic carbocycles. The Bertz CT molecular complexity index is 343. The van der Waals surface area contributed by atoms with Crippen molar-refractivity contribution in [2.24, 2.45) is 0 Å². The lowest BCUT2D eigenvalue weighted by molar-refractivity contribution is 0.0588. The molecule has 0 aromatic heterocycles. The average Bonchev–Trinajstić information content (AvgIpc) is 2.58. The quantitative estimate of drug-likeness (QED) is 0.576. The van der Waals surface area contributed by atoms with E-state index in [0.29, 0.717) is 6.54 Å². The molecule has 0 spiro atoms. The highest BCUT2D eigenvalue weighted by atomic mass is 16.3.